The number of H-pyrrole nitrogens is 1. The molecule has 0 saturated heterocycles. The summed E-state index contributed by atoms with van der Waals surface area (Å²) >= 11 is 0. The normalized spacial score (nSPS) is 15.0. The summed E-state index contributed by atoms with van der Waals surface area (Å²) in [7, 11) is 4.05. The second-order valence-corrected chi connectivity index (χ2v) is 7.27. The van der Waals surface area contributed by atoms with E-state index in [1.54, 1.807) is 0 Å². The van der Waals surface area contributed by atoms with Crippen LogP contribution in [-0.2, 0) is 12.8 Å². The van der Waals surface area contributed by atoms with Gasteiger partial charge in [-0.15, -0.1) is 0 Å². The molecule has 1 heterocycles. The molecule has 5 nitrogen and oxygen atoms in total. The van der Waals surface area contributed by atoms with E-state index >= 15 is 0 Å². The van der Waals surface area contributed by atoms with Crippen LogP contribution in [0.25, 0.3) is 0 Å². The highest BCUT2D eigenvalue weighted by molar-refractivity contribution is 6.04. The third-order valence-electron chi connectivity index (χ3n) is 5.21. The third-order valence-corrected chi connectivity index (χ3v) is 5.21. The van der Waals surface area contributed by atoms with Crippen molar-refractivity contribution >= 4 is 11.7 Å². The number of hydrogen-bond donors (Lipinski definition) is 2. The van der Waals surface area contributed by atoms with Crippen LogP contribution >= 0.6 is 0 Å². The van der Waals surface area contributed by atoms with E-state index in [0.29, 0.717) is 18.7 Å². The minimum atomic E-state index is -0.135. The first kappa shape index (κ1) is 18.4. The molecule has 1 aromatic heterocycles. The van der Waals surface area contributed by atoms with E-state index in [2.05, 4.69) is 27.3 Å². The Morgan fingerprint density at radius 2 is 1.96 bits per heavy atom. The van der Waals surface area contributed by atoms with Crippen LogP contribution in [0.4, 0.5) is 0 Å². The number of benzene rings is 1. The molecule has 5 heteroatoms. The summed E-state index contributed by atoms with van der Waals surface area (Å²) in [6, 6.07) is 10.5. The zero-order valence-corrected chi connectivity index (χ0v) is 15.8. The van der Waals surface area contributed by atoms with Gasteiger partial charge in [-0.3, -0.25) is 9.59 Å². The molecule has 0 aliphatic heterocycles. The molecule has 0 radical (unpaired) electrons. The number of amides is 1. The fourth-order valence-corrected chi connectivity index (χ4v) is 3.62. The summed E-state index contributed by atoms with van der Waals surface area (Å²) in [5.41, 5.74) is 4.21. The van der Waals surface area contributed by atoms with E-state index in [4.69, 9.17) is 0 Å². The standard InChI is InChI=1S/C21H27N3O2/c1-14-19-17(10-7-11-18(19)25)23-20(14)21(26)22-13-16(24(2)3)12-15-8-5-4-6-9-15/h4-6,8-9,16,23H,7,10-13H2,1-3H3,(H,22,26). The number of aryl methyl sites for hydroxylation is 1. The van der Waals surface area contributed by atoms with Gasteiger partial charge < -0.3 is 15.2 Å². The summed E-state index contributed by atoms with van der Waals surface area (Å²) in [4.78, 5) is 30.2. The van der Waals surface area contributed by atoms with Gasteiger partial charge in [0.2, 0.25) is 0 Å². The molecule has 0 spiro atoms. The molecule has 2 aromatic rings. The van der Waals surface area contributed by atoms with Crippen molar-refractivity contribution in [2.75, 3.05) is 20.6 Å². The molecule has 1 aromatic carbocycles. The number of aromatic nitrogens is 1. The Bertz CT molecular complexity index is 793. The second-order valence-electron chi connectivity index (χ2n) is 7.27. The Morgan fingerprint density at radius 1 is 1.23 bits per heavy atom. The number of aromatic amines is 1. The highest BCUT2D eigenvalue weighted by atomic mass is 16.2. The Labute approximate surface area is 154 Å². The van der Waals surface area contributed by atoms with E-state index in [1.165, 1.54) is 5.56 Å². The smallest absolute Gasteiger partial charge is 0.268 e. The average molecular weight is 353 g/mol. The van der Waals surface area contributed by atoms with E-state index in [-0.39, 0.29) is 17.7 Å². The minimum absolute atomic E-state index is 0.135. The van der Waals surface area contributed by atoms with Crippen LogP contribution in [0.3, 0.4) is 0 Å². The van der Waals surface area contributed by atoms with Crippen LogP contribution in [0.2, 0.25) is 0 Å². The molecule has 0 saturated carbocycles. The van der Waals surface area contributed by atoms with Gasteiger partial charge in [0.05, 0.1) is 0 Å². The fraction of sp³-hybridized carbons (Fsp3) is 0.429. The fourth-order valence-electron chi connectivity index (χ4n) is 3.62. The highest BCUT2D eigenvalue weighted by Gasteiger charge is 2.26. The molecule has 2 N–H and O–H groups in total. The maximum atomic E-state index is 12.7. The van der Waals surface area contributed by atoms with Crippen LogP contribution in [0.1, 0.15) is 50.5 Å². The van der Waals surface area contributed by atoms with Gasteiger partial charge in [0.25, 0.3) is 5.91 Å². The molecule has 0 fully saturated rings. The predicted molar refractivity (Wildman–Crippen MR) is 103 cm³/mol. The number of fused-ring (bicyclic) bond motifs is 1. The van der Waals surface area contributed by atoms with Gasteiger partial charge in [0.15, 0.2) is 5.78 Å². The zero-order chi connectivity index (χ0) is 18.7. The maximum Gasteiger partial charge on any atom is 0.268 e. The summed E-state index contributed by atoms with van der Waals surface area (Å²) in [6.45, 7) is 2.42. The third kappa shape index (κ3) is 3.88. The number of hydrogen-bond acceptors (Lipinski definition) is 3. The number of nitrogens with one attached hydrogen (secondary N) is 2. The van der Waals surface area contributed by atoms with Gasteiger partial charge in [0.1, 0.15) is 5.69 Å². The summed E-state index contributed by atoms with van der Waals surface area (Å²) < 4.78 is 0. The lowest BCUT2D eigenvalue weighted by Crippen LogP contribution is -2.41. The van der Waals surface area contributed by atoms with Crippen molar-refractivity contribution in [2.45, 2.75) is 38.6 Å². The molecule has 1 aliphatic carbocycles. The molecule has 1 aliphatic rings. The molecule has 138 valence electrons. The van der Waals surface area contributed by atoms with Gasteiger partial charge in [-0.2, -0.15) is 0 Å². The largest absolute Gasteiger partial charge is 0.354 e. The Balaban J connectivity index is 1.68. The van der Waals surface area contributed by atoms with Gasteiger partial charge in [-0.05, 0) is 51.4 Å². The van der Waals surface area contributed by atoms with Gasteiger partial charge in [0, 0.05) is 30.3 Å². The van der Waals surface area contributed by atoms with E-state index in [9.17, 15) is 9.59 Å². The first-order valence-corrected chi connectivity index (χ1v) is 9.20. The number of ketones is 1. The van der Waals surface area contributed by atoms with E-state index in [0.717, 1.165) is 36.1 Å². The van der Waals surface area contributed by atoms with Crippen LogP contribution in [0, 0.1) is 6.92 Å². The van der Waals surface area contributed by atoms with E-state index < -0.39 is 0 Å². The average Bonchev–Trinajstić information content (AvgIpc) is 2.97. The molecule has 3 rings (SSSR count). The molecule has 1 unspecified atom stereocenters. The highest BCUT2D eigenvalue weighted by Crippen LogP contribution is 2.26. The van der Waals surface area contributed by atoms with Gasteiger partial charge in [-0.1, -0.05) is 30.3 Å². The zero-order valence-electron chi connectivity index (χ0n) is 15.8. The monoisotopic (exact) mass is 353 g/mol. The number of likely N-dealkylation sites (N-methyl/N-ethyl adjacent to an activating group) is 1. The molecule has 1 amide bonds. The summed E-state index contributed by atoms with van der Waals surface area (Å²) in [6.07, 6.45) is 3.13. The molecular formula is C21H27N3O2. The molecular weight excluding hydrogens is 326 g/mol. The summed E-state index contributed by atoms with van der Waals surface area (Å²) in [5.74, 6) is 0.0129. The van der Waals surface area contributed by atoms with Crippen molar-refractivity contribution in [3.63, 3.8) is 0 Å². The van der Waals surface area contributed by atoms with Gasteiger partial charge >= 0.3 is 0 Å². The SMILES string of the molecule is Cc1c(C(=O)NCC(Cc2ccccc2)N(C)C)[nH]c2c1C(=O)CCC2. The maximum absolute atomic E-state index is 12.7. The van der Waals surface area contributed by atoms with Crippen molar-refractivity contribution in [3.05, 3.63) is 58.4 Å². The minimum Gasteiger partial charge on any atom is -0.354 e. The Kier molecular flexibility index (Phi) is 5.57. The number of carbonyl (C=O) groups is 2. The Hall–Kier alpha value is -2.40. The van der Waals surface area contributed by atoms with Crippen LogP contribution in [-0.4, -0.2) is 48.3 Å². The second kappa shape index (κ2) is 7.87. The predicted octanol–water partition coefficient (Wildman–Crippen LogP) is 2.74. The van der Waals surface area contributed by atoms with Gasteiger partial charge in [-0.25, -0.2) is 0 Å². The van der Waals surface area contributed by atoms with Crippen molar-refractivity contribution in [3.8, 4) is 0 Å². The van der Waals surface area contributed by atoms with Crippen molar-refractivity contribution in [2.24, 2.45) is 0 Å². The van der Waals surface area contributed by atoms with Crippen molar-refractivity contribution in [1.82, 2.24) is 15.2 Å². The van der Waals surface area contributed by atoms with Crippen molar-refractivity contribution < 1.29 is 9.59 Å². The molecule has 1 atom stereocenters. The topological polar surface area (TPSA) is 65.2 Å². The lowest BCUT2D eigenvalue weighted by molar-refractivity contribution is 0.0936. The van der Waals surface area contributed by atoms with Crippen LogP contribution < -0.4 is 5.32 Å². The lowest BCUT2D eigenvalue weighted by Gasteiger charge is -2.24. The summed E-state index contributed by atoms with van der Waals surface area (Å²) in [5, 5.41) is 3.04. The first-order valence-electron chi connectivity index (χ1n) is 9.20. The molecule has 0 bridgehead atoms. The lowest BCUT2D eigenvalue weighted by atomic mass is 9.94. The van der Waals surface area contributed by atoms with Crippen LogP contribution in [0.5, 0.6) is 0 Å². The number of nitrogens with zero attached hydrogens (tertiary/aromatic N) is 1. The molecule has 26 heavy (non-hydrogen) atoms. The van der Waals surface area contributed by atoms with E-state index in [1.807, 2.05) is 39.2 Å². The van der Waals surface area contributed by atoms with Crippen LogP contribution in [0.15, 0.2) is 30.3 Å². The van der Waals surface area contributed by atoms with Crippen molar-refractivity contribution in [1.29, 1.82) is 0 Å². The number of Topliss-reactive ketones (excluding diaryl/α,β-unsaturated/α-hetero) is 1. The quantitative estimate of drug-likeness (QED) is 0.839. The number of rotatable bonds is 6. The first-order chi connectivity index (χ1) is 12.5. The number of carbonyl (C=O) groups excluding carboxylic acids is 2. The Morgan fingerprint density at radius 3 is 2.62 bits per heavy atom.